The highest BCUT2D eigenvalue weighted by molar-refractivity contribution is 7.90. The Kier molecular flexibility index (Phi) is 7.21. The highest BCUT2D eigenvalue weighted by atomic mass is 32.2. The first-order chi connectivity index (χ1) is 13.1. The Labute approximate surface area is 168 Å². The fourth-order valence-corrected chi connectivity index (χ4v) is 3.95. The van der Waals surface area contributed by atoms with Crippen LogP contribution in [-0.2, 0) is 15.0 Å². The molecule has 0 radical (unpaired) electrons. The average molecular weight is 404 g/mol. The summed E-state index contributed by atoms with van der Waals surface area (Å²) in [5.74, 6) is -0.209. The molecule has 0 spiro atoms. The number of nitrogens with one attached hydrogen (secondary N) is 1. The van der Waals surface area contributed by atoms with Gasteiger partial charge in [0.2, 0.25) is 5.91 Å². The number of hydrogen-bond donors (Lipinski definition) is 1. The maximum Gasteiger partial charge on any atom is 0.304 e. The van der Waals surface area contributed by atoms with Gasteiger partial charge in [-0.05, 0) is 42.5 Å². The summed E-state index contributed by atoms with van der Waals surface area (Å²) in [5.41, 5.74) is 3.36. The highest BCUT2D eigenvalue weighted by Gasteiger charge is 2.28. The van der Waals surface area contributed by atoms with Crippen molar-refractivity contribution in [1.82, 2.24) is 9.62 Å². The smallest absolute Gasteiger partial charge is 0.304 e. The molecule has 7 heteroatoms. The molecule has 0 saturated heterocycles. The summed E-state index contributed by atoms with van der Waals surface area (Å²) in [7, 11) is -0.889. The fraction of sp³-hybridized carbons (Fsp3) is 0.381. The molecule has 0 aliphatic carbocycles. The van der Waals surface area contributed by atoms with Gasteiger partial charge in [-0.15, -0.1) is 0 Å². The molecule has 0 aliphatic heterocycles. The van der Waals surface area contributed by atoms with Crippen LogP contribution in [-0.4, -0.2) is 45.8 Å². The van der Waals surface area contributed by atoms with Crippen molar-refractivity contribution < 1.29 is 13.2 Å². The van der Waals surface area contributed by atoms with Gasteiger partial charge in [0.05, 0.1) is 5.69 Å². The molecule has 1 unspecified atom stereocenters. The number of nitrogens with zero attached hydrogens (tertiary/aromatic N) is 2. The predicted octanol–water partition coefficient (Wildman–Crippen LogP) is 2.84. The fourth-order valence-electron chi connectivity index (χ4n) is 2.83. The highest BCUT2D eigenvalue weighted by Crippen LogP contribution is 2.25. The number of anilines is 1. The van der Waals surface area contributed by atoms with E-state index in [1.54, 1.807) is 6.07 Å². The van der Waals surface area contributed by atoms with Crippen molar-refractivity contribution in [2.24, 2.45) is 0 Å². The number of benzene rings is 2. The first-order valence-corrected chi connectivity index (χ1v) is 10.6. The summed E-state index contributed by atoms with van der Waals surface area (Å²) < 4.78 is 28.0. The van der Waals surface area contributed by atoms with Crippen LogP contribution in [0.25, 0.3) is 0 Å². The minimum absolute atomic E-state index is 0.129. The zero-order valence-corrected chi connectivity index (χ0v) is 18.0. The van der Waals surface area contributed by atoms with Crippen molar-refractivity contribution in [3.05, 3.63) is 65.2 Å². The Morgan fingerprint density at radius 1 is 1.07 bits per heavy atom. The summed E-state index contributed by atoms with van der Waals surface area (Å²) in [6, 6.07) is 15.4. The summed E-state index contributed by atoms with van der Waals surface area (Å²) in [5, 5.41) is 2.86. The topological polar surface area (TPSA) is 69.7 Å². The molecule has 0 saturated carbocycles. The second-order valence-electron chi connectivity index (χ2n) is 7.20. The molecule has 28 heavy (non-hydrogen) atoms. The van der Waals surface area contributed by atoms with Gasteiger partial charge in [0.25, 0.3) is 0 Å². The summed E-state index contributed by atoms with van der Waals surface area (Å²) in [6.07, 6.45) is 0. The first-order valence-electron chi connectivity index (χ1n) is 9.22. The molecule has 1 N–H and O–H groups in total. The van der Waals surface area contributed by atoms with Crippen molar-refractivity contribution >= 4 is 21.8 Å². The minimum atomic E-state index is -3.81. The molecule has 0 aromatic heterocycles. The van der Waals surface area contributed by atoms with Crippen molar-refractivity contribution in [2.45, 2.75) is 26.7 Å². The zero-order chi connectivity index (χ0) is 20.9. The monoisotopic (exact) mass is 403 g/mol. The van der Waals surface area contributed by atoms with Crippen LogP contribution in [0.4, 0.5) is 5.69 Å². The van der Waals surface area contributed by atoms with Gasteiger partial charge in [-0.25, -0.2) is 4.31 Å². The zero-order valence-electron chi connectivity index (χ0n) is 17.1. The van der Waals surface area contributed by atoms with Crippen molar-refractivity contribution in [1.29, 1.82) is 0 Å². The molecule has 0 heterocycles. The van der Waals surface area contributed by atoms with Crippen LogP contribution < -0.4 is 9.62 Å². The maximum atomic E-state index is 12.9. The van der Waals surface area contributed by atoms with E-state index in [0.29, 0.717) is 12.2 Å². The number of carbonyl (C=O) groups excluding carboxylic acids is 1. The Morgan fingerprint density at radius 3 is 2.32 bits per heavy atom. The van der Waals surface area contributed by atoms with E-state index in [-0.39, 0.29) is 18.4 Å². The lowest BCUT2D eigenvalue weighted by Gasteiger charge is -2.28. The van der Waals surface area contributed by atoms with Crippen LogP contribution in [0, 0.1) is 13.8 Å². The van der Waals surface area contributed by atoms with E-state index < -0.39 is 10.2 Å². The van der Waals surface area contributed by atoms with E-state index in [4.69, 9.17) is 0 Å². The SMILES string of the molecule is Cc1ccc(C)c(N(CC(=O)NCC(C)c2ccccc2)S(=O)(=O)N(C)C)c1. The first kappa shape index (κ1) is 21.9. The van der Waals surface area contributed by atoms with Gasteiger partial charge in [0, 0.05) is 20.6 Å². The third kappa shape index (κ3) is 5.33. The van der Waals surface area contributed by atoms with Gasteiger partial charge in [-0.1, -0.05) is 49.4 Å². The molecular weight excluding hydrogens is 374 g/mol. The molecule has 1 atom stereocenters. The predicted molar refractivity (Wildman–Crippen MR) is 114 cm³/mol. The van der Waals surface area contributed by atoms with E-state index in [1.165, 1.54) is 14.1 Å². The van der Waals surface area contributed by atoms with Crippen molar-refractivity contribution in [3.63, 3.8) is 0 Å². The van der Waals surface area contributed by atoms with Crippen LogP contribution in [0.15, 0.2) is 48.5 Å². The van der Waals surface area contributed by atoms with Gasteiger partial charge < -0.3 is 5.32 Å². The molecule has 0 aliphatic rings. The molecule has 6 nitrogen and oxygen atoms in total. The van der Waals surface area contributed by atoms with Crippen LogP contribution >= 0.6 is 0 Å². The van der Waals surface area contributed by atoms with Crippen LogP contribution in [0.1, 0.15) is 29.5 Å². The molecule has 0 bridgehead atoms. The van der Waals surface area contributed by atoms with Crippen LogP contribution in [0.5, 0.6) is 0 Å². The van der Waals surface area contributed by atoms with Crippen LogP contribution in [0.3, 0.4) is 0 Å². The maximum absolute atomic E-state index is 12.9. The number of rotatable bonds is 8. The van der Waals surface area contributed by atoms with E-state index in [1.807, 2.05) is 63.2 Å². The molecule has 0 fully saturated rings. The summed E-state index contributed by atoms with van der Waals surface area (Å²) in [4.78, 5) is 12.6. The quantitative estimate of drug-likeness (QED) is 0.737. The lowest BCUT2D eigenvalue weighted by atomic mass is 10.0. The number of hydrogen-bond acceptors (Lipinski definition) is 3. The average Bonchev–Trinajstić information content (AvgIpc) is 2.66. The van der Waals surface area contributed by atoms with Gasteiger partial charge >= 0.3 is 10.2 Å². The van der Waals surface area contributed by atoms with E-state index in [2.05, 4.69) is 5.32 Å². The van der Waals surface area contributed by atoms with E-state index in [9.17, 15) is 13.2 Å². The second-order valence-corrected chi connectivity index (χ2v) is 9.27. The van der Waals surface area contributed by atoms with Gasteiger partial charge in [0.1, 0.15) is 6.54 Å². The lowest BCUT2D eigenvalue weighted by Crippen LogP contribution is -2.46. The molecule has 2 aromatic carbocycles. The summed E-state index contributed by atoms with van der Waals surface area (Å²) >= 11 is 0. The largest absolute Gasteiger partial charge is 0.354 e. The standard InChI is InChI=1S/C21H29N3O3S/c1-16-11-12-17(2)20(13-16)24(28(26,27)23(4)5)15-21(25)22-14-18(3)19-9-7-6-8-10-19/h6-13,18H,14-15H2,1-5H3,(H,22,25). The Balaban J connectivity index is 2.18. The lowest BCUT2D eigenvalue weighted by molar-refractivity contribution is -0.119. The van der Waals surface area contributed by atoms with Crippen molar-refractivity contribution in [2.75, 3.05) is 31.5 Å². The second kappa shape index (κ2) is 9.21. The minimum Gasteiger partial charge on any atom is -0.354 e. The molecule has 2 rings (SSSR count). The van der Waals surface area contributed by atoms with Crippen molar-refractivity contribution in [3.8, 4) is 0 Å². The van der Waals surface area contributed by atoms with Crippen LogP contribution in [0.2, 0.25) is 0 Å². The molecule has 152 valence electrons. The van der Waals surface area contributed by atoms with E-state index >= 15 is 0 Å². The molecular formula is C21H29N3O3S. The normalized spacial score (nSPS) is 12.6. The Bertz CT molecular complexity index is 912. The third-order valence-electron chi connectivity index (χ3n) is 4.63. The number of aryl methyl sites for hydroxylation is 2. The summed E-state index contributed by atoms with van der Waals surface area (Å²) in [6.45, 7) is 5.92. The van der Waals surface area contributed by atoms with Gasteiger partial charge in [-0.2, -0.15) is 12.7 Å². The van der Waals surface area contributed by atoms with Gasteiger partial charge in [0.15, 0.2) is 0 Å². The Morgan fingerprint density at radius 2 is 1.71 bits per heavy atom. The molecule has 2 aromatic rings. The number of carbonyl (C=O) groups is 1. The van der Waals surface area contributed by atoms with Gasteiger partial charge in [-0.3, -0.25) is 4.79 Å². The third-order valence-corrected chi connectivity index (χ3v) is 6.44. The molecule has 1 amide bonds. The van der Waals surface area contributed by atoms with E-state index in [0.717, 1.165) is 25.3 Å². The Hall–Kier alpha value is -2.38. The number of amides is 1.